The van der Waals surface area contributed by atoms with E-state index in [1.54, 1.807) is 0 Å². The molecule has 0 saturated carbocycles. The number of nitrogens with two attached hydrogens (primary N) is 1. The van der Waals surface area contributed by atoms with Gasteiger partial charge in [0.05, 0.1) is 6.54 Å². The van der Waals surface area contributed by atoms with Crippen molar-refractivity contribution in [2.24, 2.45) is 0 Å². The number of nitrogen functional groups attached to an aromatic ring is 1. The van der Waals surface area contributed by atoms with Gasteiger partial charge in [0.25, 0.3) is 0 Å². The van der Waals surface area contributed by atoms with Crippen LogP contribution in [0.3, 0.4) is 0 Å². The second kappa shape index (κ2) is 6.25. The van der Waals surface area contributed by atoms with Crippen LogP contribution >= 0.6 is 0 Å². The maximum Gasteiger partial charge on any atom is 0.234 e. The van der Waals surface area contributed by atoms with Crippen molar-refractivity contribution in [3.05, 3.63) is 29.8 Å². The highest BCUT2D eigenvalue weighted by molar-refractivity contribution is 5.77. The van der Waals surface area contributed by atoms with Gasteiger partial charge in [-0.15, -0.1) is 0 Å². The summed E-state index contributed by atoms with van der Waals surface area (Å²) in [4.78, 5) is 13.5. The Balaban J connectivity index is 2.63. The first-order valence-corrected chi connectivity index (χ1v) is 5.87. The van der Waals surface area contributed by atoms with Gasteiger partial charge in [-0.05, 0) is 38.6 Å². The Morgan fingerprint density at radius 1 is 1.53 bits per heavy atom. The molecule has 0 fully saturated rings. The average Bonchev–Trinajstić information content (AvgIpc) is 2.28. The van der Waals surface area contributed by atoms with Crippen LogP contribution in [0.1, 0.15) is 25.5 Å². The van der Waals surface area contributed by atoms with E-state index in [1.807, 2.05) is 43.1 Å². The van der Waals surface area contributed by atoms with Crippen molar-refractivity contribution in [3.8, 4) is 0 Å². The zero-order chi connectivity index (χ0) is 12.8. The van der Waals surface area contributed by atoms with Crippen LogP contribution in [-0.2, 0) is 4.79 Å². The number of likely N-dealkylation sites (N-methyl/N-ethyl adjacent to an activating group) is 2. The fraction of sp³-hybridized carbons (Fsp3) is 0.462. The van der Waals surface area contributed by atoms with Crippen molar-refractivity contribution in [2.45, 2.75) is 19.9 Å². The zero-order valence-electron chi connectivity index (χ0n) is 10.7. The Bertz CT molecular complexity index is 379. The maximum atomic E-state index is 11.5. The molecule has 94 valence electrons. The Morgan fingerprint density at radius 3 is 2.82 bits per heavy atom. The van der Waals surface area contributed by atoms with Gasteiger partial charge in [0, 0.05) is 18.3 Å². The molecule has 0 aliphatic carbocycles. The second-order valence-electron chi connectivity index (χ2n) is 4.21. The molecule has 4 heteroatoms. The lowest BCUT2D eigenvalue weighted by Crippen LogP contribution is -2.36. The molecular weight excluding hydrogens is 214 g/mol. The van der Waals surface area contributed by atoms with Gasteiger partial charge in [-0.1, -0.05) is 12.1 Å². The minimum Gasteiger partial charge on any atom is -0.399 e. The highest BCUT2D eigenvalue weighted by Gasteiger charge is 2.14. The molecule has 1 aromatic rings. The summed E-state index contributed by atoms with van der Waals surface area (Å²) in [6, 6.07) is 7.93. The molecule has 1 rings (SSSR count). The van der Waals surface area contributed by atoms with Gasteiger partial charge in [-0.3, -0.25) is 9.69 Å². The maximum absolute atomic E-state index is 11.5. The Kier molecular flexibility index (Phi) is 4.97. The number of carbonyl (C=O) groups is 1. The van der Waals surface area contributed by atoms with Crippen molar-refractivity contribution in [3.63, 3.8) is 0 Å². The third-order valence-electron chi connectivity index (χ3n) is 2.82. The summed E-state index contributed by atoms with van der Waals surface area (Å²) in [7, 11) is 1.93. The van der Waals surface area contributed by atoms with Gasteiger partial charge >= 0.3 is 0 Å². The first-order valence-electron chi connectivity index (χ1n) is 5.87. The van der Waals surface area contributed by atoms with Gasteiger partial charge in [0.15, 0.2) is 0 Å². The lowest BCUT2D eigenvalue weighted by Gasteiger charge is -2.24. The van der Waals surface area contributed by atoms with Crippen molar-refractivity contribution in [1.29, 1.82) is 0 Å². The third kappa shape index (κ3) is 4.07. The molecular formula is C13H21N3O. The van der Waals surface area contributed by atoms with E-state index in [4.69, 9.17) is 5.73 Å². The fourth-order valence-electron chi connectivity index (χ4n) is 1.69. The van der Waals surface area contributed by atoms with Crippen LogP contribution in [0.4, 0.5) is 5.69 Å². The molecule has 1 atom stereocenters. The van der Waals surface area contributed by atoms with Crippen LogP contribution in [-0.4, -0.2) is 30.9 Å². The predicted octanol–water partition coefficient (Wildman–Crippen LogP) is 1.40. The molecule has 17 heavy (non-hydrogen) atoms. The number of amides is 1. The molecule has 1 aromatic carbocycles. The number of nitrogens with zero attached hydrogens (tertiary/aromatic N) is 1. The highest BCUT2D eigenvalue weighted by Crippen LogP contribution is 2.20. The minimum atomic E-state index is 0.0470. The van der Waals surface area contributed by atoms with Gasteiger partial charge in [-0.2, -0.15) is 0 Å². The van der Waals surface area contributed by atoms with Crippen molar-refractivity contribution in [2.75, 3.05) is 25.9 Å². The van der Waals surface area contributed by atoms with E-state index < -0.39 is 0 Å². The monoisotopic (exact) mass is 235 g/mol. The first-order chi connectivity index (χ1) is 8.04. The third-order valence-corrected chi connectivity index (χ3v) is 2.82. The van der Waals surface area contributed by atoms with Crippen LogP contribution in [0.2, 0.25) is 0 Å². The van der Waals surface area contributed by atoms with E-state index in [0.29, 0.717) is 13.1 Å². The summed E-state index contributed by atoms with van der Waals surface area (Å²) in [5, 5.41) is 2.79. The molecule has 0 aliphatic heterocycles. The normalized spacial score (nSPS) is 12.5. The second-order valence-corrected chi connectivity index (χ2v) is 4.21. The van der Waals surface area contributed by atoms with Gasteiger partial charge in [-0.25, -0.2) is 0 Å². The molecule has 0 aliphatic rings. The SMILES string of the molecule is CCNC(=O)CN(C)C(C)c1cccc(N)c1. The van der Waals surface area contributed by atoms with E-state index in [2.05, 4.69) is 12.2 Å². The summed E-state index contributed by atoms with van der Waals surface area (Å²) in [6.45, 7) is 5.04. The number of nitrogens with one attached hydrogen (secondary N) is 1. The van der Waals surface area contributed by atoms with Gasteiger partial charge in [0.2, 0.25) is 5.91 Å². The Hall–Kier alpha value is -1.55. The average molecular weight is 235 g/mol. The summed E-state index contributed by atoms with van der Waals surface area (Å²) in [5.41, 5.74) is 7.62. The molecule has 1 unspecified atom stereocenters. The van der Waals surface area contributed by atoms with E-state index in [-0.39, 0.29) is 11.9 Å². The van der Waals surface area contributed by atoms with Crippen LogP contribution in [0.15, 0.2) is 24.3 Å². The number of rotatable bonds is 5. The Labute approximate surface area is 103 Å². The van der Waals surface area contributed by atoms with Crippen LogP contribution < -0.4 is 11.1 Å². The fourth-order valence-corrected chi connectivity index (χ4v) is 1.69. The van der Waals surface area contributed by atoms with E-state index in [1.165, 1.54) is 0 Å². The largest absolute Gasteiger partial charge is 0.399 e. The number of hydrogen-bond acceptors (Lipinski definition) is 3. The topological polar surface area (TPSA) is 58.4 Å². The smallest absolute Gasteiger partial charge is 0.234 e. The molecule has 0 aromatic heterocycles. The molecule has 4 nitrogen and oxygen atoms in total. The molecule has 0 heterocycles. The lowest BCUT2D eigenvalue weighted by atomic mass is 10.1. The molecule has 0 spiro atoms. The summed E-state index contributed by atoms with van der Waals surface area (Å²) in [5.74, 6) is 0.0470. The standard InChI is InChI=1S/C13H21N3O/c1-4-15-13(17)9-16(3)10(2)11-6-5-7-12(14)8-11/h5-8,10H,4,9,14H2,1-3H3,(H,15,17). The highest BCUT2D eigenvalue weighted by atomic mass is 16.2. The van der Waals surface area contributed by atoms with Gasteiger partial charge in [0.1, 0.15) is 0 Å². The van der Waals surface area contributed by atoms with E-state index in [9.17, 15) is 4.79 Å². The van der Waals surface area contributed by atoms with Crippen molar-refractivity contribution >= 4 is 11.6 Å². The summed E-state index contributed by atoms with van der Waals surface area (Å²) in [6.07, 6.45) is 0. The first kappa shape index (κ1) is 13.5. The molecule has 0 bridgehead atoms. The van der Waals surface area contributed by atoms with E-state index >= 15 is 0 Å². The minimum absolute atomic E-state index is 0.0470. The number of benzene rings is 1. The zero-order valence-corrected chi connectivity index (χ0v) is 10.7. The Morgan fingerprint density at radius 2 is 2.24 bits per heavy atom. The number of anilines is 1. The van der Waals surface area contributed by atoms with Crippen LogP contribution in [0, 0.1) is 0 Å². The predicted molar refractivity (Wildman–Crippen MR) is 70.6 cm³/mol. The van der Waals surface area contributed by atoms with Crippen molar-refractivity contribution in [1.82, 2.24) is 10.2 Å². The van der Waals surface area contributed by atoms with E-state index in [0.717, 1.165) is 11.3 Å². The number of hydrogen-bond donors (Lipinski definition) is 2. The lowest BCUT2D eigenvalue weighted by molar-refractivity contribution is -0.122. The molecule has 1 amide bonds. The van der Waals surface area contributed by atoms with Gasteiger partial charge < -0.3 is 11.1 Å². The van der Waals surface area contributed by atoms with Crippen molar-refractivity contribution < 1.29 is 4.79 Å². The number of carbonyl (C=O) groups excluding carboxylic acids is 1. The molecule has 0 saturated heterocycles. The molecule has 0 radical (unpaired) electrons. The summed E-state index contributed by atoms with van der Waals surface area (Å²) < 4.78 is 0. The van der Waals surface area contributed by atoms with Crippen LogP contribution in [0.25, 0.3) is 0 Å². The quantitative estimate of drug-likeness (QED) is 0.758. The van der Waals surface area contributed by atoms with Crippen LogP contribution in [0.5, 0.6) is 0 Å². The molecule has 3 N–H and O–H groups in total. The summed E-state index contributed by atoms with van der Waals surface area (Å²) >= 11 is 0.